The van der Waals surface area contributed by atoms with E-state index in [0.717, 1.165) is 11.1 Å². The van der Waals surface area contributed by atoms with Crippen molar-refractivity contribution in [1.29, 1.82) is 0 Å². The van der Waals surface area contributed by atoms with Gasteiger partial charge in [0.1, 0.15) is 5.75 Å². The number of hydrogen-bond donors (Lipinski definition) is 2. The summed E-state index contributed by atoms with van der Waals surface area (Å²) in [5.41, 5.74) is 4.47. The molecule has 7 heteroatoms. The van der Waals surface area contributed by atoms with Crippen LogP contribution in [0.1, 0.15) is 11.1 Å². The van der Waals surface area contributed by atoms with Gasteiger partial charge in [0.25, 0.3) is 0 Å². The molecule has 0 atom stereocenters. The molecule has 0 spiro atoms. The molecule has 0 saturated heterocycles. The van der Waals surface area contributed by atoms with Gasteiger partial charge in [-0.2, -0.15) is 9.97 Å². The van der Waals surface area contributed by atoms with E-state index in [1.807, 2.05) is 32.0 Å². The van der Waals surface area contributed by atoms with Gasteiger partial charge in [0.05, 0.1) is 7.11 Å². The molecule has 1 aromatic carbocycles. The number of methoxy groups -OCH3 is 1. The number of nitrogens with zero attached hydrogens (tertiary/aromatic N) is 3. The van der Waals surface area contributed by atoms with Gasteiger partial charge < -0.3 is 9.47 Å². The predicted molar refractivity (Wildman–Crippen MR) is 70.2 cm³/mol. The number of nitrogen functional groups attached to an aromatic ring is 1. The van der Waals surface area contributed by atoms with Crippen molar-refractivity contribution >= 4 is 5.95 Å². The quantitative estimate of drug-likeness (QED) is 0.637. The SMILES string of the molecule is COc1nc(NN)nc(Oc2ccc(C)cc2C)n1. The van der Waals surface area contributed by atoms with E-state index in [1.165, 1.54) is 7.11 Å². The molecule has 1 heterocycles. The Hall–Kier alpha value is -2.41. The lowest BCUT2D eigenvalue weighted by molar-refractivity contribution is 0.359. The Morgan fingerprint density at radius 3 is 2.47 bits per heavy atom. The Morgan fingerprint density at radius 1 is 1.11 bits per heavy atom. The molecule has 7 nitrogen and oxygen atoms in total. The van der Waals surface area contributed by atoms with Gasteiger partial charge in [-0.05, 0) is 25.5 Å². The number of nitrogens with two attached hydrogens (primary N) is 1. The lowest BCUT2D eigenvalue weighted by Gasteiger charge is -2.09. The smallest absolute Gasteiger partial charge is 0.330 e. The minimum absolute atomic E-state index is 0.117. The van der Waals surface area contributed by atoms with Gasteiger partial charge in [0.15, 0.2) is 0 Å². The Kier molecular flexibility index (Phi) is 3.76. The second-order valence-corrected chi connectivity index (χ2v) is 3.94. The molecule has 0 saturated carbocycles. The molecule has 1 aromatic heterocycles. The average molecular weight is 261 g/mol. The highest BCUT2D eigenvalue weighted by Crippen LogP contribution is 2.24. The van der Waals surface area contributed by atoms with Crippen molar-refractivity contribution in [3.63, 3.8) is 0 Å². The van der Waals surface area contributed by atoms with Crippen molar-refractivity contribution in [1.82, 2.24) is 15.0 Å². The van der Waals surface area contributed by atoms with Gasteiger partial charge in [-0.25, -0.2) is 5.84 Å². The molecule has 19 heavy (non-hydrogen) atoms. The maximum Gasteiger partial charge on any atom is 0.330 e. The zero-order valence-electron chi connectivity index (χ0n) is 11.0. The Bertz CT molecular complexity index is 566. The van der Waals surface area contributed by atoms with E-state index < -0.39 is 0 Å². The van der Waals surface area contributed by atoms with Gasteiger partial charge in [0, 0.05) is 0 Å². The second-order valence-electron chi connectivity index (χ2n) is 3.94. The van der Waals surface area contributed by atoms with Crippen LogP contribution < -0.4 is 20.7 Å². The summed E-state index contributed by atoms with van der Waals surface area (Å²) in [5, 5.41) is 0. The molecular formula is C12H15N5O2. The van der Waals surface area contributed by atoms with Gasteiger partial charge in [-0.3, -0.25) is 5.43 Å². The van der Waals surface area contributed by atoms with Crippen LogP contribution in [-0.2, 0) is 0 Å². The first-order valence-corrected chi connectivity index (χ1v) is 5.64. The summed E-state index contributed by atoms with van der Waals surface area (Å²) in [7, 11) is 1.45. The summed E-state index contributed by atoms with van der Waals surface area (Å²) < 4.78 is 10.6. The fraction of sp³-hybridized carbons (Fsp3) is 0.250. The van der Waals surface area contributed by atoms with Crippen LogP contribution >= 0.6 is 0 Å². The summed E-state index contributed by atoms with van der Waals surface area (Å²) >= 11 is 0. The molecule has 0 aliphatic rings. The Morgan fingerprint density at radius 2 is 1.84 bits per heavy atom. The lowest BCUT2D eigenvalue weighted by atomic mass is 10.1. The van der Waals surface area contributed by atoms with Crippen LogP contribution in [0.2, 0.25) is 0 Å². The highest BCUT2D eigenvalue weighted by Gasteiger charge is 2.09. The first-order valence-electron chi connectivity index (χ1n) is 5.64. The normalized spacial score (nSPS) is 10.1. The third-order valence-corrected chi connectivity index (χ3v) is 2.44. The van der Waals surface area contributed by atoms with E-state index in [9.17, 15) is 0 Å². The van der Waals surface area contributed by atoms with Crippen LogP contribution in [0.25, 0.3) is 0 Å². The summed E-state index contributed by atoms with van der Waals surface area (Å²) in [6, 6.07) is 6.06. The van der Waals surface area contributed by atoms with Crippen LogP contribution in [0.4, 0.5) is 5.95 Å². The topological polar surface area (TPSA) is 95.2 Å². The van der Waals surface area contributed by atoms with E-state index >= 15 is 0 Å². The van der Waals surface area contributed by atoms with Crippen LogP contribution in [0.5, 0.6) is 17.8 Å². The standard InChI is InChI=1S/C12H15N5O2/c1-7-4-5-9(8(2)6-7)19-12-15-10(17-13)14-11(16-12)18-3/h4-6H,13H2,1-3H3,(H,14,15,16,17). The van der Waals surface area contributed by atoms with Crippen molar-refractivity contribution < 1.29 is 9.47 Å². The monoisotopic (exact) mass is 261 g/mol. The summed E-state index contributed by atoms with van der Waals surface area (Å²) in [4.78, 5) is 11.9. The zero-order valence-corrected chi connectivity index (χ0v) is 11.0. The molecule has 0 fully saturated rings. The molecule has 0 unspecified atom stereocenters. The molecule has 0 bridgehead atoms. The Balaban J connectivity index is 2.31. The number of hydrazine groups is 1. The molecular weight excluding hydrogens is 246 g/mol. The first-order chi connectivity index (χ1) is 9.12. The van der Waals surface area contributed by atoms with E-state index in [1.54, 1.807) is 0 Å². The van der Waals surface area contributed by atoms with Gasteiger partial charge in [-0.1, -0.05) is 17.7 Å². The van der Waals surface area contributed by atoms with Crippen LogP contribution in [0, 0.1) is 13.8 Å². The molecule has 2 aromatic rings. The van der Waals surface area contributed by atoms with Gasteiger partial charge in [-0.15, -0.1) is 4.98 Å². The summed E-state index contributed by atoms with van der Waals surface area (Å²) in [6.07, 6.45) is 0. The van der Waals surface area contributed by atoms with E-state index in [0.29, 0.717) is 5.75 Å². The third kappa shape index (κ3) is 3.08. The number of aromatic nitrogens is 3. The highest BCUT2D eigenvalue weighted by atomic mass is 16.5. The van der Waals surface area contributed by atoms with Crippen molar-refractivity contribution in [2.75, 3.05) is 12.5 Å². The molecule has 0 radical (unpaired) electrons. The van der Waals surface area contributed by atoms with E-state index in [2.05, 4.69) is 20.4 Å². The number of aryl methyl sites for hydroxylation is 2. The van der Waals surface area contributed by atoms with Crippen molar-refractivity contribution in [3.05, 3.63) is 29.3 Å². The van der Waals surface area contributed by atoms with Gasteiger partial charge >= 0.3 is 12.0 Å². The fourth-order valence-electron chi connectivity index (χ4n) is 1.55. The lowest BCUT2D eigenvalue weighted by Crippen LogP contribution is -2.12. The number of nitrogens with one attached hydrogen (secondary N) is 1. The number of hydrogen-bond acceptors (Lipinski definition) is 7. The predicted octanol–water partition coefficient (Wildman–Crippen LogP) is 1.57. The van der Waals surface area contributed by atoms with Gasteiger partial charge in [0.2, 0.25) is 5.95 Å². The number of ether oxygens (including phenoxy) is 2. The van der Waals surface area contributed by atoms with Crippen molar-refractivity contribution in [3.8, 4) is 17.8 Å². The molecule has 3 N–H and O–H groups in total. The zero-order chi connectivity index (χ0) is 13.8. The Labute approximate surface area is 110 Å². The molecule has 0 amide bonds. The number of rotatable bonds is 4. The molecule has 0 aliphatic heterocycles. The third-order valence-electron chi connectivity index (χ3n) is 2.44. The second kappa shape index (κ2) is 5.49. The molecule has 2 rings (SSSR count). The highest BCUT2D eigenvalue weighted by molar-refractivity contribution is 5.37. The van der Waals surface area contributed by atoms with E-state index in [4.69, 9.17) is 15.3 Å². The van der Waals surface area contributed by atoms with Crippen LogP contribution in [-0.4, -0.2) is 22.1 Å². The average Bonchev–Trinajstić information content (AvgIpc) is 2.41. The number of benzene rings is 1. The minimum Gasteiger partial charge on any atom is -0.467 e. The summed E-state index contributed by atoms with van der Waals surface area (Å²) in [5.74, 6) is 6.11. The van der Waals surface area contributed by atoms with Crippen molar-refractivity contribution in [2.45, 2.75) is 13.8 Å². The van der Waals surface area contributed by atoms with E-state index in [-0.39, 0.29) is 18.0 Å². The minimum atomic E-state index is 0.117. The maximum atomic E-state index is 5.61. The van der Waals surface area contributed by atoms with Crippen LogP contribution in [0.15, 0.2) is 18.2 Å². The fourth-order valence-corrected chi connectivity index (χ4v) is 1.55. The first kappa shape index (κ1) is 13.0. The number of anilines is 1. The summed E-state index contributed by atoms with van der Waals surface area (Å²) in [6.45, 7) is 3.96. The van der Waals surface area contributed by atoms with Crippen molar-refractivity contribution in [2.24, 2.45) is 5.84 Å². The van der Waals surface area contributed by atoms with Crippen LogP contribution in [0.3, 0.4) is 0 Å². The molecule has 100 valence electrons. The largest absolute Gasteiger partial charge is 0.467 e. The maximum absolute atomic E-state index is 5.61. The molecule has 0 aliphatic carbocycles.